The van der Waals surface area contributed by atoms with Crippen LogP contribution < -0.4 is 9.64 Å². The van der Waals surface area contributed by atoms with Crippen molar-refractivity contribution in [1.29, 1.82) is 0 Å². The van der Waals surface area contributed by atoms with Crippen LogP contribution in [-0.2, 0) is 16.8 Å². The van der Waals surface area contributed by atoms with Crippen molar-refractivity contribution in [1.82, 2.24) is 0 Å². The van der Waals surface area contributed by atoms with Crippen LogP contribution in [0, 0.1) is 11.6 Å². The number of esters is 1. The number of hydrogen-bond acceptors (Lipinski definition) is 4. The van der Waals surface area contributed by atoms with Crippen LogP contribution in [0.4, 0.5) is 25.8 Å². The molecule has 0 fully saturated rings. The number of carbonyl (C=O) groups excluding carboxylic acids is 1. The molecular weight excluding hydrogens is 496 g/mol. The van der Waals surface area contributed by atoms with E-state index < -0.39 is 17.0 Å². The molecule has 3 aliphatic heterocycles. The average molecular weight is 516 g/mol. The van der Waals surface area contributed by atoms with Gasteiger partial charge in [-0.25, -0.2) is 13.6 Å². The van der Waals surface area contributed by atoms with Gasteiger partial charge < -0.3 is 14.4 Å². The molecule has 0 aliphatic carbocycles. The number of anilines is 3. The molecular formula is C33H19F2NO3. The predicted molar refractivity (Wildman–Crippen MR) is 142 cm³/mol. The first kappa shape index (κ1) is 22.1. The van der Waals surface area contributed by atoms with Crippen LogP contribution in [0.5, 0.6) is 11.5 Å². The second-order valence-corrected chi connectivity index (χ2v) is 9.92. The molecule has 0 bridgehead atoms. The molecule has 5 aromatic carbocycles. The molecule has 0 atom stereocenters. The molecule has 3 heterocycles. The highest BCUT2D eigenvalue weighted by atomic mass is 19.1. The fraction of sp³-hybridized carbons (Fsp3) is 0.0606. The second kappa shape index (κ2) is 7.77. The zero-order chi connectivity index (χ0) is 26.3. The molecule has 0 aromatic heterocycles. The van der Waals surface area contributed by atoms with Crippen LogP contribution in [0.3, 0.4) is 0 Å². The zero-order valence-corrected chi connectivity index (χ0v) is 20.4. The number of para-hydroxylation sites is 2. The lowest BCUT2D eigenvalue weighted by atomic mass is 9.61. The van der Waals surface area contributed by atoms with Gasteiger partial charge in [-0.2, -0.15) is 0 Å². The van der Waals surface area contributed by atoms with E-state index in [1.165, 1.54) is 24.3 Å². The van der Waals surface area contributed by atoms with Crippen molar-refractivity contribution in [2.45, 2.75) is 12.0 Å². The maximum Gasteiger partial charge on any atom is 0.338 e. The highest BCUT2D eigenvalue weighted by Gasteiger charge is 2.51. The van der Waals surface area contributed by atoms with E-state index in [1.807, 2.05) is 65.6 Å². The van der Waals surface area contributed by atoms with Crippen LogP contribution >= 0.6 is 0 Å². The Hall–Kier alpha value is -4.97. The topological polar surface area (TPSA) is 38.8 Å². The highest BCUT2D eigenvalue weighted by Crippen LogP contribution is 2.62. The van der Waals surface area contributed by atoms with Crippen LogP contribution in [0.2, 0.25) is 0 Å². The zero-order valence-electron chi connectivity index (χ0n) is 20.4. The van der Waals surface area contributed by atoms with Gasteiger partial charge in [-0.05, 0) is 77.9 Å². The normalized spacial score (nSPS) is 15.4. The summed E-state index contributed by atoms with van der Waals surface area (Å²) in [5.74, 6) is 0.103. The van der Waals surface area contributed by atoms with E-state index in [0.29, 0.717) is 28.2 Å². The van der Waals surface area contributed by atoms with E-state index in [4.69, 9.17) is 9.47 Å². The minimum atomic E-state index is -1.05. The maximum absolute atomic E-state index is 15.2. The molecule has 0 unspecified atom stereocenters. The van der Waals surface area contributed by atoms with Gasteiger partial charge in [-0.3, -0.25) is 0 Å². The van der Waals surface area contributed by atoms with Gasteiger partial charge in [-0.15, -0.1) is 0 Å². The summed E-state index contributed by atoms with van der Waals surface area (Å²) in [5.41, 5.74) is 5.42. The lowest BCUT2D eigenvalue weighted by Crippen LogP contribution is -2.40. The Labute approximate surface area is 222 Å². The third kappa shape index (κ3) is 2.88. The number of fused-ring (bicyclic) bond motifs is 9. The summed E-state index contributed by atoms with van der Waals surface area (Å²) in [6.45, 7) is 0.185. The van der Waals surface area contributed by atoms with Crippen LogP contribution in [0.15, 0.2) is 103 Å². The predicted octanol–water partition coefficient (Wildman–Crippen LogP) is 7.91. The molecule has 188 valence electrons. The fourth-order valence-electron chi connectivity index (χ4n) is 6.39. The summed E-state index contributed by atoms with van der Waals surface area (Å²) in [6, 6.07) is 30.3. The number of ether oxygens (including phenoxy) is 2. The van der Waals surface area contributed by atoms with Crippen LogP contribution in [0.1, 0.15) is 38.2 Å². The number of cyclic esters (lactones) is 1. The van der Waals surface area contributed by atoms with Gasteiger partial charge in [0.1, 0.15) is 29.7 Å². The van der Waals surface area contributed by atoms with Crippen molar-refractivity contribution < 1.29 is 23.0 Å². The van der Waals surface area contributed by atoms with E-state index in [-0.39, 0.29) is 12.6 Å². The van der Waals surface area contributed by atoms with Gasteiger partial charge in [0.25, 0.3) is 0 Å². The highest BCUT2D eigenvalue weighted by molar-refractivity contribution is 5.96. The third-order valence-electron chi connectivity index (χ3n) is 7.93. The smallest absolute Gasteiger partial charge is 0.338 e. The number of carbonyl (C=O) groups is 1. The number of benzene rings is 5. The molecule has 39 heavy (non-hydrogen) atoms. The lowest BCUT2D eigenvalue weighted by Gasteiger charge is -2.48. The molecule has 0 saturated carbocycles. The molecule has 4 nitrogen and oxygen atoms in total. The number of nitrogens with zero attached hydrogens (tertiary/aromatic N) is 1. The van der Waals surface area contributed by atoms with Gasteiger partial charge in [0.05, 0.1) is 22.4 Å². The summed E-state index contributed by atoms with van der Waals surface area (Å²) in [6.07, 6.45) is 0. The first-order valence-corrected chi connectivity index (χ1v) is 12.6. The van der Waals surface area contributed by atoms with E-state index >= 15 is 8.78 Å². The Morgan fingerprint density at radius 3 is 1.87 bits per heavy atom. The first-order chi connectivity index (χ1) is 19.1. The summed E-state index contributed by atoms with van der Waals surface area (Å²) in [4.78, 5) is 14.1. The summed E-state index contributed by atoms with van der Waals surface area (Å²) in [5, 5.41) is 0. The average Bonchev–Trinajstić information content (AvgIpc) is 3.33. The molecule has 6 heteroatoms. The Morgan fingerprint density at radius 1 is 0.667 bits per heavy atom. The van der Waals surface area contributed by atoms with Crippen molar-refractivity contribution in [3.63, 3.8) is 0 Å². The Bertz CT molecular complexity index is 1760. The van der Waals surface area contributed by atoms with E-state index in [0.717, 1.165) is 33.8 Å². The van der Waals surface area contributed by atoms with Gasteiger partial charge in [0.2, 0.25) is 0 Å². The van der Waals surface area contributed by atoms with E-state index in [2.05, 4.69) is 0 Å². The van der Waals surface area contributed by atoms with E-state index in [9.17, 15) is 4.79 Å². The van der Waals surface area contributed by atoms with Crippen molar-refractivity contribution in [3.8, 4) is 11.5 Å². The Kier molecular flexibility index (Phi) is 4.39. The summed E-state index contributed by atoms with van der Waals surface area (Å²) < 4.78 is 42.0. The van der Waals surface area contributed by atoms with Crippen molar-refractivity contribution >= 4 is 23.0 Å². The molecule has 8 rings (SSSR count). The first-order valence-electron chi connectivity index (χ1n) is 12.6. The van der Waals surface area contributed by atoms with Gasteiger partial charge >= 0.3 is 5.97 Å². The largest absolute Gasteiger partial charge is 0.457 e. The van der Waals surface area contributed by atoms with Crippen LogP contribution in [-0.4, -0.2) is 5.97 Å². The van der Waals surface area contributed by atoms with Gasteiger partial charge in [-0.1, -0.05) is 36.4 Å². The molecule has 1 spiro atoms. The van der Waals surface area contributed by atoms with Gasteiger partial charge in [0, 0.05) is 22.4 Å². The minimum Gasteiger partial charge on any atom is -0.457 e. The SMILES string of the molecule is O=C1OCc2cc(N3c4ccc(F)cc4C4(c5ccccc5Oc5ccccc54)c4cc(F)ccc43)ccc21. The van der Waals surface area contributed by atoms with Gasteiger partial charge in [0.15, 0.2) is 0 Å². The molecule has 3 aliphatic rings. The summed E-state index contributed by atoms with van der Waals surface area (Å²) in [7, 11) is 0. The molecule has 0 N–H and O–H groups in total. The molecule has 0 amide bonds. The Balaban J connectivity index is 1.52. The molecule has 5 aromatic rings. The number of hydrogen-bond donors (Lipinski definition) is 0. The molecule has 0 radical (unpaired) electrons. The maximum atomic E-state index is 15.2. The van der Waals surface area contributed by atoms with E-state index in [1.54, 1.807) is 18.2 Å². The lowest BCUT2D eigenvalue weighted by molar-refractivity contribution is 0.0535. The van der Waals surface area contributed by atoms with Crippen molar-refractivity contribution in [2.75, 3.05) is 4.90 Å². The number of rotatable bonds is 1. The fourth-order valence-corrected chi connectivity index (χ4v) is 6.39. The van der Waals surface area contributed by atoms with Crippen LogP contribution in [0.25, 0.3) is 0 Å². The minimum absolute atomic E-state index is 0.185. The molecule has 0 saturated heterocycles. The number of halogens is 2. The summed E-state index contributed by atoms with van der Waals surface area (Å²) >= 11 is 0. The Morgan fingerprint density at radius 2 is 1.26 bits per heavy atom. The standard InChI is InChI=1S/C33H19F2NO3/c34-20-9-13-28-26(16-20)33(24-5-1-3-7-30(24)39-31-8-4-2-6-25(31)33)27-17-21(35)10-14-29(27)36(28)22-11-12-23-19(15-22)18-38-32(23)37/h1-17H,18H2. The van der Waals surface area contributed by atoms with Crippen molar-refractivity contribution in [3.05, 3.63) is 148 Å². The monoisotopic (exact) mass is 515 g/mol. The second-order valence-electron chi connectivity index (χ2n) is 9.92. The third-order valence-corrected chi connectivity index (χ3v) is 7.93. The van der Waals surface area contributed by atoms with Crippen molar-refractivity contribution in [2.24, 2.45) is 0 Å². The quantitative estimate of drug-likeness (QED) is 0.208.